The third kappa shape index (κ3) is 4.83. The third-order valence-corrected chi connectivity index (χ3v) is 7.89. The van der Waals surface area contributed by atoms with Crippen molar-refractivity contribution in [3.63, 3.8) is 0 Å². The van der Waals surface area contributed by atoms with E-state index in [2.05, 4.69) is 0 Å². The highest BCUT2D eigenvalue weighted by atomic mass is 32.2. The number of ether oxygens (including phenoxy) is 3. The first-order valence-corrected chi connectivity index (χ1v) is 12.9. The summed E-state index contributed by atoms with van der Waals surface area (Å²) in [5, 5.41) is 0. The van der Waals surface area contributed by atoms with E-state index >= 15 is 0 Å². The lowest BCUT2D eigenvalue weighted by atomic mass is 10.1. The van der Waals surface area contributed by atoms with E-state index in [4.69, 9.17) is 14.2 Å². The topological polar surface area (TPSA) is 120 Å². The lowest BCUT2D eigenvalue weighted by Crippen LogP contribution is -2.45. The zero-order valence-corrected chi connectivity index (χ0v) is 20.8. The summed E-state index contributed by atoms with van der Waals surface area (Å²) in [7, 11) is -4.36. The Hall–Kier alpha value is -4.29. The van der Waals surface area contributed by atoms with Gasteiger partial charge >= 0.3 is 5.97 Å². The van der Waals surface area contributed by atoms with Crippen LogP contribution in [0, 0.1) is 5.82 Å². The van der Waals surface area contributed by atoms with Crippen molar-refractivity contribution in [2.75, 3.05) is 11.7 Å². The Morgan fingerprint density at radius 2 is 1.71 bits per heavy atom. The molecule has 0 radical (unpaired) electrons. The molecular weight excluding hydrogens is 519 g/mol. The van der Waals surface area contributed by atoms with E-state index in [1.165, 1.54) is 31.2 Å². The zero-order chi connectivity index (χ0) is 27.0. The van der Waals surface area contributed by atoms with Crippen LogP contribution in [0.25, 0.3) is 0 Å². The normalized spacial score (nSPS) is 16.8. The molecule has 38 heavy (non-hydrogen) atoms. The molecule has 1 fully saturated rings. The van der Waals surface area contributed by atoms with Crippen LogP contribution in [-0.4, -0.2) is 43.3 Å². The Balaban J connectivity index is 1.50. The number of amides is 2. The van der Waals surface area contributed by atoms with Crippen LogP contribution in [0.15, 0.2) is 71.6 Å². The maximum absolute atomic E-state index is 13.7. The Labute approximate surface area is 217 Å². The van der Waals surface area contributed by atoms with Crippen molar-refractivity contribution in [2.24, 2.45) is 0 Å². The largest absolute Gasteiger partial charge is 0.454 e. The van der Waals surface area contributed by atoms with Gasteiger partial charge in [-0.25, -0.2) is 17.7 Å². The Bertz CT molecular complexity index is 1520. The second kappa shape index (κ2) is 9.88. The summed E-state index contributed by atoms with van der Waals surface area (Å²) in [5.74, 6) is -1.37. The van der Waals surface area contributed by atoms with Gasteiger partial charge in [-0.2, -0.15) is 4.31 Å². The lowest BCUT2D eigenvalue weighted by Gasteiger charge is -2.27. The van der Waals surface area contributed by atoms with Gasteiger partial charge in [-0.3, -0.25) is 14.4 Å². The number of esters is 1. The van der Waals surface area contributed by atoms with Crippen molar-refractivity contribution in [1.82, 2.24) is 4.31 Å². The van der Waals surface area contributed by atoms with Gasteiger partial charge < -0.3 is 14.2 Å². The number of hydrogen-bond donors (Lipinski definition) is 0. The molecule has 3 aromatic carbocycles. The van der Waals surface area contributed by atoms with Gasteiger partial charge in [-0.1, -0.05) is 6.07 Å². The molecule has 1 atom stereocenters. The summed E-state index contributed by atoms with van der Waals surface area (Å²) in [6.07, 6.45) is -0.407. The fraction of sp³-hybridized carbons (Fsp3) is 0.192. The molecule has 1 unspecified atom stereocenters. The van der Waals surface area contributed by atoms with Gasteiger partial charge in [0.25, 0.3) is 5.91 Å². The van der Waals surface area contributed by atoms with Crippen LogP contribution in [0.2, 0.25) is 0 Å². The van der Waals surface area contributed by atoms with E-state index in [9.17, 15) is 27.2 Å². The first-order valence-electron chi connectivity index (χ1n) is 11.4. The van der Waals surface area contributed by atoms with Crippen molar-refractivity contribution in [2.45, 2.75) is 30.8 Å². The van der Waals surface area contributed by atoms with E-state index in [1.54, 1.807) is 18.2 Å². The summed E-state index contributed by atoms with van der Waals surface area (Å²) in [5.41, 5.74) is 0.685. The molecule has 2 heterocycles. The number of sulfonamides is 1. The highest BCUT2D eigenvalue weighted by molar-refractivity contribution is 7.89. The molecule has 0 spiro atoms. The predicted molar refractivity (Wildman–Crippen MR) is 130 cm³/mol. The number of carbonyl (C=O) groups is 3. The molecule has 5 rings (SSSR count). The molecule has 10 nitrogen and oxygen atoms in total. The maximum Gasteiger partial charge on any atom is 0.308 e. The Morgan fingerprint density at radius 3 is 2.39 bits per heavy atom. The predicted octanol–water partition coefficient (Wildman–Crippen LogP) is 3.00. The van der Waals surface area contributed by atoms with Gasteiger partial charge in [0.2, 0.25) is 22.7 Å². The second-order valence-corrected chi connectivity index (χ2v) is 10.5. The molecule has 1 saturated heterocycles. The molecule has 0 N–H and O–H groups in total. The van der Waals surface area contributed by atoms with E-state index in [0.717, 1.165) is 33.5 Å². The molecule has 2 aliphatic rings. The standard InChI is InChI=1S/C26H21FN2O8S/c1-16(30)37-20-7-5-19(6-8-20)29-25(31)13-22(26(29)32)28(38(33,34)21-9-3-18(27)4-10-21)14-17-2-11-23-24(12-17)36-15-35-23/h2-12,22H,13-15H2,1H3. The van der Waals surface area contributed by atoms with E-state index in [-0.39, 0.29) is 29.7 Å². The van der Waals surface area contributed by atoms with Gasteiger partial charge in [0.05, 0.1) is 17.0 Å². The van der Waals surface area contributed by atoms with Gasteiger partial charge in [0.1, 0.15) is 17.6 Å². The number of imide groups is 1. The van der Waals surface area contributed by atoms with Crippen molar-refractivity contribution in [3.8, 4) is 17.2 Å². The number of hydrogen-bond acceptors (Lipinski definition) is 8. The number of nitrogens with zero attached hydrogens (tertiary/aromatic N) is 2. The molecule has 0 bridgehead atoms. The highest BCUT2D eigenvalue weighted by Gasteiger charge is 2.47. The second-order valence-electron chi connectivity index (χ2n) is 8.57. The zero-order valence-electron chi connectivity index (χ0n) is 20.0. The molecule has 196 valence electrons. The molecule has 3 aromatic rings. The summed E-state index contributed by atoms with van der Waals surface area (Å²) < 4.78 is 57.6. The van der Waals surface area contributed by atoms with Crippen molar-refractivity contribution >= 4 is 33.5 Å². The molecule has 0 saturated carbocycles. The lowest BCUT2D eigenvalue weighted by molar-refractivity contribution is -0.132. The Morgan fingerprint density at radius 1 is 1.03 bits per heavy atom. The number of carbonyl (C=O) groups excluding carboxylic acids is 3. The van der Waals surface area contributed by atoms with Crippen molar-refractivity contribution < 1.29 is 41.4 Å². The summed E-state index contributed by atoms with van der Waals surface area (Å²) in [6.45, 7) is 0.999. The first kappa shape index (κ1) is 25.4. The van der Waals surface area contributed by atoms with Crippen LogP contribution in [-0.2, 0) is 31.0 Å². The van der Waals surface area contributed by atoms with E-state index < -0.39 is 46.1 Å². The van der Waals surface area contributed by atoms with Gasteiger partial charge in [-0.05, 0) is 66.2 Å². The SMILES string of the molecule is CC(=O)Oc1ccc(N2C(=O)CC(N(Cc3ccc4c(c3)OCO4)S(=O)(=O)c3ccc(F)cc3)C2=O)cc1. The van der Waals surface area contributed by atoms with Crippen LogP contribution < -0.4 is 19.1 Å². The maximum atomic E-state index is 13.7. The molecule has 2 amide bonds. The minimum absolute atomic E-state index is 0.0250. The molecule has 0 aliphatic carbocycles. The van der Waals surface area contributed by atoms with Crippen LogP contribution in [0.5, 0.6) is 17.2 Å². The monoisotopic (exact) mass is 540 g/mol. The minimum Gasteiger partial charge on any atom is -0.454 e. The molecule has 12 heteroatoms. The van der Waals surface area contributed by atoms with Crippen LogP contribution in [0.4, 0.5) is 10.1 Å². The number of fused-ring (bicyclic) bond motifs is 1. The third-order valence-electron chi connectivity index (χ3n) is 6.02. The summed E-state index contributed by atoms with van der Waals surface area (Å²) in [4.78, 5) is 38.4. The van der Waals surface area contributed by atoms with Gasteiger partial charge in [0, 0.05) is 13.5 Å². The van der Waals surface area contributed by atoms with Crippen LogP contribution in [0.3, 0.4) is 0 Å². The smallest absolute Gasteiger partial charge is 0.308 e. The van der Waals surface area contributed by atoms with Crippen LogP contribution >= 0.6 is 0 Å². The summed E-state index contributed by atoms with van der Waals surface area (Å²) >= 11 is 0. The van der Waals surface area contributed by atoms with Crippen molar-refractivity contribution in [1.29, 1.82) is 0 Å². The van der Waals surface area contributed by atoms with E-state index in [0.29, 0.717) is 17.1 Å². The fourth-order valence-electron chi connectivity index (χ4n) is 4.27. The number of benzene rings is 3. The molecule has 2 aliphatic heterocycles. The molecular formula is C26H21FN2O8S. The molecule has 0 aromatic heterocycles. The minimum atomic E-state index is -4.36. The quantitative estimate of drug-likeness (QED) is 0.255. The number of halogens is 1. The first-order chi connectivity index (χ1) is 18.1. The average Bonchev–Trinajstić information content (AvgIpc) is 3.46. The van der Waals surface area contributed by atoms with Gasteiger partial charge in [0.15, 0.2) is 11.5 Å². The number of rotatable bonds is 7. The van der Waals surface area contributed by atoms with Crippen molar-refractivity contribution in [3.05, 3.63) is 78.1 Å². The average molecular weight is 541 g/mol. The van der Waals surface area contributed by atoms with Crippen LogP contribution in [0.1, 0.15) is 18.9 Å². The summed E-state index contributed by atoms with van der Waals surface area (Å²) in [6, 6.07) is 13.4. The highest BCUT2D eigenvalue weighted by Crippen LogP contribution is 2.35. The Kier molecular flexibility index (Phi) is 6.59. The van der Waals surface area contributed by atoms with E-state index in [1.807, 2.05) is 0 Å². The number of anilines is 1. The fourth-order valence-corrected chi connectivity index (χ4v) is 5.83. The van der Waals surface area contributed by atoms with Gasteiger partial charge in [-0.15, -0.1) is 0 Å².